The van der Waals surface area contributed by atoms with Gasteiger partial charge in [-0.15, -0.1) is 0 Å². The number of azide groups is 1. The number of nitrogens with zero attached hydrogens (tertiary/aromatic N) is 3. The van der Waals surface area contributed by atoms with Gasteiger partial charge in [0.1, 0.15) is 0 Å². The van der Waals surface area contributed by atoms with Crippen LogP contribution in [-0.2, 0) is 28.1 Å². The molecule has 1 heterocycles. The van der Waals surface area contributed by atoms with Gasteiger partial charge in [0.2, 0.25) is 0 Å². The number of ether oxygens (including phenoxy) is 5. The fourth-order valence-corrected chi connectivity index (χ4v) is 5.11. The highest BCUT2D eigenvalue weighted by atomic mass is 28.4. The van der Waals surface area contributed by atoms with Crippen molar-refractivity contribution in [1.82, 2.24) is 0 Å². The zero-order valence-electron chi connectivity index (χ0n) is 18.8. The second-order valence-electron chi connectivity index (χ2n) is 8.96. The van der Waals surface area contributed by atoms with Gasteiger partial charge in [-0.3, -0.25) is 0 Å². The Balaban J connectivity index is 0.000000242. The standard InChI is InChI=1S/C11H21N3O4Si.C8H12O4/c1-16-11(15)17-7-8-5-9(13-14-12)10(6-8)18-19(2,3)4;1-10-8(9)11-4-5-2-6-7(3-5)12-6/h8-10H,5-7H2,1-4H3;5-7H,2-4H2,1H3/t8-,9-,10-;5?,6-,7+/m0./s1. The van der Waals surface area contributed by atoms with Gasteiger partial charge in [-0.2, -0.15) is 0 Å². The first-order valence-electron chi connectivity index (χ1n) is 10.4. The van der Waals surface area contributed by atoms with Crippen molar-refractivity contribution in [2.24, 2.45) is 17.0 Å². The maximum atomic E-state index is 10.9. The van der Waals surface area contributed by atoms with Gasteiger partial charge in [-0.25, -0.2) is 9.59 Å². The van der Waals surface area contributed by atoms with Crippen LogP contribution in [0.5, 0.6) is 0 Å². The molecule has 11 nitrogen and oxygen atoms in total. The summed E-state index contributed by atoms with van der Waals surface area (Å²) in [6.07, 6.45) is 3.04. The van der Waals surface area contributed by atoms with Crippen molar-refractivity contribution in [2.75, 3.05) is 27.4 Å². The minimum Gasteiger partial charge on any atom is -0.438 e. The van der Waals surface area contributed by atoms with Gasteiger partial charge in [0.15, 0.2) is 8.32 Å². The highest BCUT2D eigenvalue weighted by molar-refractivity contribution is 6.69. The molecule has 176 valence electrons. The topological polar surface area (TPSA) is 142 Å². The molecule has 0 N–H and O–H groups in total. The molecule has 0 spiro atoms. The van der Waals surface area contributed by atoms with E-state index in [2.05, 4.69) is 39.1 Å². The number of rotatable bonds is 7. The summed E-state index contributed by atoms with van der Waals surface area (Å²) in [4.78, 5) is 24.4. The van der Waals surface area contributed by atoms with E-state index in [-0.39, 0.29) is 24.7 Å². The van der Waals surface area contributed by atoms with Crippen LogP contribution >= 0.6 is 0 Å². The van der Waals surface area contributed by atoms with Crippen molar-refractivity contribution in [1.29, 1.82) is 0 Å². The Morgan fingerprint density at radius 1 is 0.968 bits per heavy atom. The van der Waals surface area contributed by atoms with Gasteiger partial charge in [-0.05, 0) is 62.7 Å². The van der Waals surface area contributed by atoms with E-state index in [9.17, 15) is 9.59 Å². The fourth-order valence-electron chi connectivity index (χ4n) is 3.95. The van der Waals surface area contributed by atoms with Crippen LogP contribution in [0.1, 0.15) is 25.7 Å². The molecule has 12 heteroatoms. The summed E-state index contributed by atoms with van der Waals surface area (Å²) in [6, 6.07) is -0.178. The number of epoxide rings is 1. The quantitative estimate of drug-likeness (QED) is 0.139. The van der Waals surface area contributed by atoms with Crippen molar-refractivity contribution in [3.63, 3.8) is 0 Å². The molecule has 0 bridgehead atoms. The van der Waals surface area contributed by atoms with Crippen molar-refractivity contribution in [3.05, 3.63) is 10.4 Å². The van der Waals surface area contributed by atoms with Crippen LogP contribution in [0.2, 0.25) is 19.6 Å². The SMILES string of the molecule is COC(=O)OCC1C[C@@H]2O[C@@H]2C1.COC(=O)OC[C@H]1C[C@H](N=[N+]=[N-])[C@@H](O[Si](C)(C)C)C1. The lowest BCUT2D eigenvalue weighted by atomic mass is 10.1. The summed E-state index contributed by atoms with van der Waals surface area (Å²) in [5, 5.41) is 3.79. The number of hydrogen-bond donors (Lipinski definition) is 0. The van der Waals surface area contributed by atoms with Gasteiger partial charge in [0, 0.05) is 4.91 Å². The number of carbonyl (C=O) groups excluding carboxylic acids is 2. The summed E-state index contributed by atoms with van der Waals surface area (Å²) < 4.78 is 29.8. The molecule has 3 rings (SSSR count). The Kier molecular flexibility index (Phi) is 9.42. The average Bonchev–Trinajstić information content (AvgIpc) is 3.15. The Labute approximate surface area is 183 Å². The molecular weight excluding hydrogens is 426 g/mol. The van der Waals surface area contributed by atoms with E-state index in [1.165, 1.54) is 14.2 Å². The highest BCUT2D eigenvalue weighted by Crippen LogP contribution is 2.42. The van der Waals surface area contributed by atoms with Gasteiger partial charge >= 0.3 is 12.3 Å². The van der Waals surface area contributed by atoms with E-state index in [1.807, 2.05) is 0 Å². The molecule has 6 atom stereocenters. The van der Waals surface area contributed by atoms with Crippen LogP contribution in [0.3, 0.4) is 0 Å². The second-order valence-corrected chi connectivity index (χ2v) is 13.4. The smallest absolute Gasteiger partial charge is 0.438 e. The lowest BCUT2D eigenvalue weighted by Crippen LogP contribution is -2.35. The van der Waals surface area contributed by atoms with E-state index in [1.54, 1.807) is 0 Å². The molecule has 0 aromatic rings. The summed E-state index contributed by atoms with van der Waals surface area (Å²) in [5.41, 5.74) is 8.59. The third kappa shape index (κ3) is 8.94. The summed E-state index contributed by atoms with van der Waals surface area (Å²) in [7, 11) is 0.902. The lowest BCUT2D eigenvalue weighted by molar-refractivity contribution is 0.0552. The number of hydrogen-bond acceptors (Lipinski definition) is 9. The first-order chi connectivity index (χ1) is 14.6. The molecule has 3 aliphatic rings. The second kappa shape index (κ2) is 11.6. The maximum Gasteiger partial charge on any atom is 0.507 e. The molecule has 0 aromatic carbocycles. The molecule has 0 amide bonds. The summed E-state index contributed by atoms with van der Waals surface area (Å²) in [5.74, 6) is 0.629. The van der Waals surface area contributed by atoms with E-state index < -0.39 is 20.6 Å². The molecular formula is C19H33N3O8Si. The van der Waals surface area contributed by atoms with Crippen LogP contribution in [0.4, 0.5) is 9.59 Å². The van der Waals surface area contributed by atoms with Gasteiger partial charge in [-0.1, -0.05) is 5.11 Å². The zero-order valence-corrected chi connectivity index (χ0v) is 19.8. The molecule has 2 saturated carbocycles. The van der Waals surface area contributed by atoms with E-state index in [0.717, 1.165) is 19.3 Å². The van der Waals surface area contributed by atoms with Crippen LogP contribution < -0.4 is 0 Å². The Morgan fingerprint density at radius 3 is 1.94 bits per heavy atom. The number of fused-ring (bicyclic) bond motifs is 1. The predicted molar refractivity (Wildman–Crippen MR) is 112 cm³/mol. The third-order valence-electron chi connectivity index (χ3n) is 5.30. The van der Waals surface area contributed by atoms with Crippen LogP contribution in [0.25, 0.3) is 10.4 Å². The molecule has 31 heavy (non-hydrogen) atoms. The minimum atomic E-state index is -1.69. The average molecular weight is 460 g/mol. The largest absolute Gasteiger partial charge is 0.507 e. The van der Waals surface area contributed by atoms with E-state index in [4.69, 9.17) is 24.2 Å². The monoisotopic (exact) mass is 459 g/mol. The van der Waals surface area contributed by atoms with Gasteiger partial charge < -0.3 is 28.1 Å². The van der Waals surface area contributed by atoms with Gasteiger partial charge in [0.25, 0.3) is 0 Å². The first-order valence-corrected chi connectivity index (χ1v) is 13.8. The molecule has 3 fully saturated rings. The number of methoxy groups -OCH3 is 2. The lowest BCUT2D eigenvalue weighted by Gasteiger charge is -2.25. The Morgan fingerprint density at radius 2 is 1.48 bits per heavy atom. The fraction of sp³-hybridized carbons (Fsp3) is 0.895. The van der Waals surface area contributed by atoms with Crippen molar-refractivity contribution >= 4 is 20.6 Å². The van der Waals surface area contributed by atoms with Crippen molar-refractivity contribution < 1.29 is 37.7 Å². The Bertz CT molecular complexity index is 657. The molecule has 0 aromatic heterocycles. The highest BCUT2D eigenvalue weighted by Gasteiger charge is 2.48. The molecule has 1 unspecified atom stereocenters. The van der Waals surface area contributed by atoms with Crippen LogP contribution in [0, 0.1) is 11.8 Å². The molecule has 1 saturated heterocycles. The normalized spacial score (nSPS) is 30.7. The first kappa shape index (κ1) is 25.2. The molecule has 0 radical (unpaired) electrons. The van der Waals surface area contributed by atoms with Gasteiger partial charge in [0.05, 0.1) is 51.8 Å². The Hall–Kier alpha value is -2.01. The number of carbonyl (C=O) groups is 2. The molecule has 2 aliphatic carbocycles. The summed E-state index contributed by atoms with van der Waals surface area (Å²) >= 11 is 0. The third-order valence-corrected chi connectivity index (χ3v) is 6.31. The zero-order chi connectivity index (χ0) is 23.0. The van der Waals surface area contributed by atoms with E-state index >= 15 is 0 Å². The van der Waals surface area contributed by atoms with Crippen molar-refractivity contribution in [2.45, 2.75) is 69.7 Å². The van der Waals surface area contributed by atoms with Crippen LogP contribution in [-0.4, -0.2) is 72.4 Å². The van der Waals surface area contributed by atoms with Crippen molar-refractivity contribution in [3.8, 4) is 0 Å². The van der Waals surface area contributed by atoms with E-state index in [0.29, 0.717) is 31.2 Å². The van der Waals surface area contributed by atoms with Crippen LogP contribution in [0.15, 0.2) is 5.11 Å². The minimum absolute atomic E-state index is 0.0752. The maximum absolute atomic E-state index is 10.9. The molecule has 1 aliphatic heterocycles. The summed E-state index contributed by atoms with van der Waals surface area (Å²) in [6.45, 7) is 7.04. The predicted octanol–water partition coefficient (Wildman–Crippen LogP) is 4.03.